The maximum absolute atomic E-state index is 12.6. The van der Waals surface area contributed by atoms with Gasteiger partial charge in [-0.3, -0.25) is 9.19 Å². The van der Waals surface area contributed by atoms with Gasteiger partial charge in [-0.1, -0.05) is 0 Å². The van der Waals surface area contributed by atoms with Crippen LogP contribution in [-0.4, -0.2) is 44.1 Å². The van der Waals surface area contributed by atoms with Gasteiger partial charge in [0.25, 0.3) is 0 Å². The van der Waals surface area contributed by atoms with E-state index in [1.165, 1.54) is 0 Å². The highest BCUT2D eigenvalue weighted by atomic mass is 32.2. The van der Waals surface area contributed by atoms with E-state index in [9.17, 15) is 9.00 Å². The summed E-state index contributed by atoms with van der Waals surface area (Å²) in [5.74, 6) is 0. The van der Waals surface area contributed by atoms with Crippen molar-refractivity contribution in [2.45, 2.75) is 49.4 Å². The van der Waals surface area contributed by atoms with Crippen molar-refractivity contribution in [3.05, 3.63) is 24.5 Å². The van der Waals surface area contributed by atoms with Crippen LogP contribution in [0, 0.1) is 0 Å². The van der Waals surface area contributed by atoms with Crippen LogP contribution in [0.15, 0.2) is 29.4 Å². The second kappa shape index (κ2) is 6.56. The minimum atomic E-state index is -1.12. The third-order valence-electron chi connectivity index (χ3n) is 3.21. The normalized spacial score (nSPS) is 20.9. The Morgan fingerprint density at radius 2 is 2.05 bits per heavy atom. The number of nitrogens with zero attached hydrogens (tertiary/aromatic N) is 2. The van der Waals surface area contributed by atoms with Gasteiger partial charge in [0.2, 0.25) is 0 Å². The molecule has 21 heavy (non-hydrogen) atoms. The monoisotopic (exact) mass is 310 g/mol. The van der Waals surface area contributed by atoms with Crippen molar-refractivity contribution in [2.24, 2.45) is 0 Å². The summed E-state index contributed by atoms with van der Waals surface area (Å²) in [5, 5.41) is -0.0475. The average Bonchev–Trinajstić information content (AvgIpc) is 2.46. The Bertz CT molecular complexity index is 513. The first-order valence-corrected chi connectivity index (χ1v) is 8.36. The van der Waals surface area contributed by atoms with Crippen LogP contribution in [0.3, 0.4) is 0 Å². The molecule has 1 aromatic heterocycles. The van der Waals surface area contributed by atoms with E-state index < -0.39 is 16.4 Å². The van der Waals surface area contributed by atoms with Crippen LogP contribution >= 0.6 is 0 Å². The van der Waals surface area contributed by atoms with E-state index in [1.807, 2.05) is 20.8 Å². The number of hydrogen-bond donors (Lipinski definition) is 0. The first kappa shape index (κ1) is 15.9. The third kappa shape index (κ3) is 4.52. The predicted octanol–water partition coefficient (Wildman–Crippen LogP) is 2.59. The second-order valence-electron chi connectivity index (χ2n) is 6.17. The molecule has 2 rings (SSSR count). The average molecular weight is 310 g/mol. The number of likely N-dealkylation sites (tertiary alicyclic amines) is 1. The molecule has 116 valence electrons. The fourth-order valence-electron chi connectivity index (χ4n) is 2.27. The Balaban J connectivity index is 2.01. The number of aromatic nitrogens is 1. The van der Waals surface area contributed by atoms with Gasteiger partial charge in [-0.25, -0.2) is 4.79 Å². The van der Waals surface area contributed by atoms with Crippen LogP contribution in [0.1, 0.15) is 33.6 Å². The number of carbonyl (C=O) groups excluding carboxylic acids is 1. The zero-order chi connectivity index (χ0) is 15.5. The number of ether oxygens (including phenoxy) is 1. The topological polar surface area (TPSA) is 59.5 Å². The van der Waals surface area contributed by atoms with Gasteiger partial charge >= 0.3 is 6.09 Å². The molecule has 0 N–H and O–H groups in total. The van der Waals surface area contributed by atoms with Gasteiger partial charge in [-0.15, -0.1) is 0 Å². The molecule has 1 aliphatic rings. The fourth-order valence-corrected chi connectivity index (χ4v) is 3.74. The minimum absolute atomic E-state index is 0.0475. The van der Waals surface area contributed by atoms with Crippen molar-refractivity contribution in [1.82, 2.24) is 9.88 Å². The number of hydrogen-bond acceptors (Lipinski definition) is 4. The molecule has 1 amide bonds. The maximum atomic E-state index is 12.6. The Morgan fingerprint density at radius 3 is 2.67 bits per heavy atom. The smallest absolute Gasteiger partial charge is 0.410 e. The van der Waals surface area contributed by atoms with E-state index >= 15 is 0 Å². The van der Waals surface area contributed by atoms with Crippen molar-refractivity contribution in [1.29, 1.82) is 0 Å². The van der Waals surface area contributed by atoms with Crippen LogP contribution in [0.25, 0.3) is 0 Å². The summed E-state index contributed by atoms with van der Waals surface area (Å²) in [4.78, 5) is 18.5. The molecule has 1 fully saturated rings. The van der Waals surface area contributed by atoms with Crippen LogP contribution < -0.4 is 0 Å². The number of amides is 1. The van der Waals surface area contributed by atoms with Crippen molar-refractivity contribution >= 4 is 16.9 Å². The lowest BCUT2D eigenvalue weighted by atomic mass is 10.1. The minimum Gasteiger partial charge on any atom is -0.444 e. The Morgan fingerprint density at radius 1 is 1.38 bits per heavy atom. The SMILES string of the molecule is CC(C)(C)OC(=O)N1CCC[C@H]([S@](=O)c2ccncc2)C1. The first-order chi connectivity index (χ1) is 9.87. The van der Waals surface area contributed by atoms with Gasteiger partial charge in [0.05, 0.1) is 16.0 Å². The predicted molar refractivity (Wildman–Crippen MR) is 81.5 cm³/mol. The van der Waals surface area contributed by atoms with Crippen LogP contribution in [-0.2, 0) is 15.5 Å². The lowest BCUT2D eigenvalue weighted by Gasteiger charge is -2.33. The molecular formula is C15H22N2O3S. The number of rotatable bonds is 2. The second-order valence-corrected chi connectivity index (χ2v) is 7.90. The molecule has 1 aliphatic heterocycles. The summed E-state index contributed by atoms with van der Waals surface area (Å²) in [7, 11) is -1.12. The van der Waals surface area contributed by atoms with Crippen LogP contribution in [0.4, 0.5) is 4.79 Å². The largest absolute Gasteiger partial charge is 0.444 e. The molecular weight excluding hydrogens is 288 g/mol. The molecule has 0 spiro atoms. The van der Waals surface area contributed by atoms with Crippen LogP contribution in [0.2, 0.25) is 0 Å². The van der Waals surface area contributed by atoms with Crippen molar-refractivity contribution in [3.8, 4) is 0 Å². The molecule has 2 heterocycles. The lowest BCUT2D eigenvalue weighted by Crippen LogP contribution is -2.45. The molecule has 1 saturated heterocycles. The fraction of sp³-hybridized carbons (Fsp3) is 0.600. The molecule has 1 aromatic rings. The van der Waals surface area contributed by atoms with Gasteiger partial charge < -0.3 is 9.64 Å². The van der Waals surface area contributed by atoms with E-state index in [1.54, 1.807) is 29.4 Å². The Hall–Kier alpha value is -1.43. The molecule has 0 saturated carbocycles. The van der Waals surface area contributed by atoms with E-state index in [0.717, 1.165) is 17.7 Å². The van der Waals surface area contributed by atoms with Gasteiger partial charge in [0, 0.05) is 30.4 Å². The summed E-state index contributed by atoms with van der Waals surface area (Å²) in [6.45, 7) is 6.69. The molecule has 0 aliphatic carbocycles. The zero-order valence-corrected chi connectivity index (χ0v) is 13.6. The summed E-state index contributed by atoms with van der Waals surface area (Å²) in [5.41, 5.74) is -0.506. The number of pyridine rings is 1. The highest BCUT2D eigenvalue weighted by Crippen LogP contribution is 2.21. The molecule has 0 unspecified atom stereocenters. The Kier molecular flexibility index (Phi) is 4.98. The molecule has 0 aromatic carbocycles. The lowest BCUT2D eigenvalue weighted by molar-refractivity contribution is 0.0219. The molecule has 2 atom stereocenters. The molecule has 0 bridgehead atoms. The Labute approximate surface area is 128 Å². The maximum Gasteiger partial charge on any atom is 0.410 e. The van der Waals surface area contributed by atoms with Crippen LogP contribution in [0.5, 0.6) is 0 Å². The first-order valence-electron chi connectivity index (χ1n) is 7.15. The highest BCUT2D eigenvalue weighted by Gasteiger charge is 2.30. The van der Waals surface area contributed by atoms with Crippen molar-refractivity contribution < 1.29 is 13.7 Å². The van der Waals surface area contributed by atoms with Crippen molar-refractivity contribution in [3.63, 3.8) is 0 Å². The van der Waals surface area contributed by atoms with E-state index in [-0.39, 0.29) is 11.3 Å². The summed E-state index contributed by atoms with van der Waals surface area (Å²) in [6.07, 6.45) is 4.66. The third-order valence-corrected chi connectivity index (χ3v) is 4.94. The van der Waals surface area contributed by atoms with E-state index in [2.05, 4.69) is 4.98 Å². The number of piperidine rings is 1. The molecule has 0 radical (unpaired) electrons. The summed E-state index contributed by atoms with van der Waals surface area (Å²) < 4.78 is 17.9. The summed E-state index contributed by atoms with van der Waals surface area (Å²) >= 11 is 0. The number of carbonyl (C=O) groups is 1. The molecule has 5 nitrogen and oxygen atoms in total. The summed E-state index contributed by atoms with van der Waals surface area (Å²) in [6, 6.07) is 3.53. The van der Waals surface area contributed by atoms with E-state index in [4.69, 9.17) is 4.74 Å². The zero-order valence-electron chi connectivity index (χ0n) is 12.7. The standard InChI is InChI=1S/C15H22N2O3S/c1-15(2,3)20-14(18)17-10-4-5-13(11-17)21(19)12-6-8-16-9-7-12/h6-9,13H,4-5,10-11H2,1-3H3/t13-,21+/m0/s1. The van der Waals surface area contributed by atoms with E-state index in [0.29, 0.717) is 13.1 Å². The quantitative estimate of drug-likeness (QED) is 0.842. The van der Waals surface area contributed by atoms with Crippen molar-refractivity contribution in [2.75, 3.05) is 13.1 Å². The molecule has 6 heteroatoms. The van der Waals surface area contributed by atoms with Gasteiger partial charge in [0.15, 0.2) is 0 Å². The highest BCUT2D eigenvalue weighted by molar-refractivity contribution is 7.85. The van der Waals surface area contributed by atoms with Gasteiger partial charge in [-0.2, -0.15) is 0 Å². The van der Waals surface area contributed by atoms with Gasteiger partial charge in [0.1, 0.15) is 5.60 Å². The van der Waals surface area contributed by atoms with Gasteiger partial charge in [-0.05, 0) is 45.7 Å².